The lowest BCUT2D eigenvalue weighted by Crippen LogP contribution is -2.44. The summed E-state index contributed by atoms with van der Waals surface area (Å²) in [4.78, 5) is 13.1. The molecular weight excluding hydrogens is 320 g/mol. The van der Waals surface area contributed by atoms with E-state index in [2.05, 4.69) is 24.2 Å². The van der Waals surface area contributed by atoms with Gasteiger partial charge in [0.05, 0.1) is 18.2 Å². The summed E-state index contributed by atoms with van der Waals surface area (Å²) in [5, 5.41) is 13.3. The molecule has 0 aliphatic heterocycles. The molecule has 0 aromatic carbocycles. The topological polar surface area (TPSA) is 62.1 Å². The SMILES string of the molecule is C#CC(C)(CCCCC)NC(=O)c1sccc1OCCCCC#N. The molecule has 1 heterocycles. The van der Waals surface area contributed by atoms with E-state index in [-0.39, 0.29) is 5.91 Å². The molecule has 1 atom stereocenters. The normalized spacial score (nSPS) is 12.7. The number of ether oxygens (including phenoxy) is 1. The van der Waals surface area contributed by atoms with E-state index in [1.807, 2.05) is 12.3 Å². The third-order valence-corrected chi connectivity index (χ3v) is 4.66. The van der Waals surface area contributed by atoms with Gasteiger partial charge in [0.25, 0.3) is 5.91 Å². The minimum atomic E-state index is -0.639. The number of hydrogen-bond acceptors (Lipinski definition) is 4. The number of terminal acetylenes is 1. The van der Waals surface area contributed by atoms with Crippen molar-refractivity contribution >= 4 is 17.2 Å². The van der Waals surface area contributed by atoms with Gasteiger partial charge in [-0.2, -0.15) is 5.26 Å². The zero-order valence-electron chi connectivity index (χ0n) is 14.6. The Morgan fingerprint density at radius 2 is 2.21 bits per heavy atom. The van der Waals surface area contributed by atoms with Gasteiger partial charge in [-0.15, -0.1) is 17.8 Å². The first-order chi connectivity index (χ1) is 11.6. The average Bonchev–Trinajstić information content (AvgIpc) is 3.03. The van der Waals surface area contributed by atoms with Gasteiger partial charge < -0.3 is 10.1 Å². The number of nitrogens with zero attached hydrogens (tertiary/aromatic N) is 1. The first kappa shape index (κ1) is 20.1. The highest BCUT2D eigenvalue weighted by Crippen LogP contribution is 2.26. The number of nitriles is 1. The molecule has 0 saturated carbocycles. The highest BCUT2D eigenvalue weighted by Gasteiger charge is 2.26. The fourth-order valence-electron chi connectivity index (χ4n) is 2.27. The highest BCUT2D eigenvalue weighted by atomic mass is 32.1. The van der Waals surface area contributed by atoms with E-state index in [1.165, 1.54) is 11.3 Å². The van der Waals surface area contributed by atoms with Gasteiger partial charge in [-0.05, 0) is 37.6 Å². The molecule has 1 N–H and O–H groups in total. The largest absolute Gasteiger partial charge is 0.492 e. The molecule has 1 rings (SSSR count). The van der Waals surface area contributed by atoms with Crippen LogP contribution in [0.2, 0.25) is 0 Å². The summed E-state index contributed by atoms with van der Waals surface area (Å²) in [6, 6.07) is 3.91. The minimum absolute atomic E-state index is 0.186. The molecule has 5 heteroatoms. The Kier molecular flexibility index (Phi) is 8.97. The number of carbonyl (C=O) groups excluding carboxylic acids is 1. The predicted octanol–water partition coefficient (Wildman–Crippen LogP) is 4.52. The number of nitrogens with one attached hydrogen (secondary N) is 1. The number of thiophene rings is 1. The van der Waals surface area contributed by atoms with Crippen LogP contribution in [0, 0.1) is 23.7 Å². The average molecular weight is 346 g/mol. The predicted molar refractivity (Wildman–Crippen MR) is 98.1 cm³/mol. The Balaban J connectivity index is 2.60. The van der Waals surface area contributed by atoms with E-state index in [9.17, 15) is 4.79 Å². The number of unbranched alkanes of at least 4 members (excludes halogenated alkanes) is 4. The van der Waals surface area contributed by atoms with E-state index in [0.717, 1.165) is 38.5 Å². The fourth-order valence-corrected chi connectivity index (χ4v) is 3.00. The van der Waals surface area contributed by atoms with Gasteiger partial charge in [0, 0.05) is 6.42 Å². The summed E-state index contributed by atoms with van der Waals surface area (Å²) < 4.78 is 5.68. The lowest BCUT2D eigenvalue weighted by atomic mass is 9.95. The highest BCUT2D eigenvalue weighted by molar-refractivity contribution is 7.12. The Morgan fingerprint density at radius 1 is 1.42 bits per heavy atom. The van der Waals surface area contributed by atoms with Crippen LogP contribution in [-0.4, -0.2) is 18.1 Å². The van der Waals surface area contributed by atoms with Gasteiger partial charge in [-0.1, -0.05) is 32.1 Å². The molecule has 1 amide bonds. The van der Waals surface area contributed by atoms with E-state index in [4.69, 9.17) is 16.4 Å². The molecule has 1 aromatic heterocycles. The lowest BCUT2D eigenvalue weighted by Gasteiger charge is -2.25. The fraction of sp³-hybridized carbons (Fsp3) is 0.579. The second-order valence-electron chi connectivity index (χ2n) is 5.97. The van der Waals surface area contributed by atoms with Crippen molar-refractivity contribution in [2.24, 2.45) is 0 Å². The van der Waals surface area contributed by atoms with Crippen molar-refractivity contribution in [3.8, 4) is 24.2 Å². The summed E-state index contributed by atoms with van der Waals surface area (Å²) in [5.74, 6) is 3.12. The summed E-state index contributed by atoms with van der Waals surface area (Å²) in [5.41, 5.74) is -0.639. The van der Waals surface area contributed by atoms with Crippen molar-refractivity contribution in [1.29, 1.82) is 5.26 Å². The number of carbonyl (C=O) groups is 1. The molecule has 0 spiro atoms. The van der Waals surface area contributed by atoms with Crippen LogP contribution in [0.4, 0.5) is 0 Å². The maximum atomic E-state index is 12.5. The summed E-state index contributed by atoms with van der Waals surface area (Å²) in [6.45, 7) is 4.52. The van der Waals surface area contributed by atoms with Gasteiger partial charge in [0.1, 0.15) is 10.6 Å². The molecule has 1 aromatic rings. The first-order valence-corrected chi connectivity index (χ1v) is 9.31. The van der Waals surface area contributed by atoms with E-state index in [0.29, 0.717) is 23.7 Å². The van der Waals surface area contributed by atoms with Crippen molar-refractivity contribution < 1.29 is 9.53 Å². The summed E-state index contributed by atoms with van der Waals surface area (Å²) >= 11 is 1.35. The maximum absolute atomic E-state index is 12.5. The Morgan fingerprint density at radius 3 is 2.88 bits per heavy atom. The Hall–Kier alpha value is -1.98. The van der Waals surface area contributed by atoms with Gasteiger partial charge in [-0.3, -0.25) is 4.79 Å². The summed E-state index contributed by atoms with van der Waals surface area (Å²) in [7, 11) is 0. The molecule has 24 heavy (non-hydrogen) atoms. The number of hydrogen-bond donors (Lipinski definition) is 1. The molecular formula is C19H26N2O2S. The second kappa shape index (κ2) is 10.7. The van der Waals surface area contributed by atoms with Crippen molar-refractivity contribution in [2.75, 3.05) is 6.61 Å². The standard InChI is InChI=1S/C19H26N2O2S/c1-4-6-8-12-19(3,5-2)21-18(22)17-16(11-15-24-17)23-14-10-7-9-13-20/h2,11,15H,4,6-10,12,14H2,1,3H3,(H,21,22). The smallest absolute Gasteiger partial charge is 0.266 e. The van der Waals surface area contributed by atoms with Crippen molar-refractivity contribution in [1.82, 2.24) is 5.32 Å². The lowest BCUT2D eigenvalue weighted by molar-refractivity contribution is 0.0922. The zero-order chi connectivity index (χ0) is 17.8. The van der Waals surface area contributed by atoms with Gasteiger partial charge >= 0.3 is 0 Å². The van der Waals surface area contributed by atoms with Gasteiger partial charge in [-0.25, -0.2) is 0 Å². The van der Waals surface area contributed by atoms with Crippen LogP contribution >= 0.6 is 11.3 Å². The van der Waals surface area contributed by atoms with Crippen LogP contribution < -0.4 is 10.1 Å². The van der Waals surface area contributed by atoms with Crippen LogP contribution in [0.3, 0.4) is 0 Å². The quantitative estimate of drug-likeness (QED) is 0.473. The molecule has 0 saturated heterocycles. The molecule has 1 unspecified atom stereocenters. The van der Waals surface area contributed by atoms with Gasteiger partial charge in [0.15, 0.2) is 0 Å². The molecule has 0 radical (unpaired) electrons. The summed E-state index contributed by atoms with van der Waals surface area (Å²) in [6.07, 6.45) is 11.7. The van der Waals surface area contributed by atoms with Crippen LogP contribution in [0.5, 0.6) is 5.75 Å². The molecule has 0 aliphatic carbocycles. The van der Waals surface area contributed by atoms with Crippen LogP contribution in [0.1, 0.15) is 68.5 Å². The van der Waals surface area contributed by atoms with Crippen LogP contribution in [0.15, 0.2) is 11.4 Å². The van der Waals surface area contributed by atoms with Crippen LogP contribution in [-0.2, 0) is 0 Å². The molecule has 0 bridgehead atoms. The molecule has 0 fully saturated rings. The molecule has 130 valence electrons. The Labute approximate surface area is 149 Å². The molecule has 0 aliphatic rings. The number of rotatable bonds is 11. The monoisotopic (exact) mass is 346 g/mol. The van der Waals surface area contributed by atoms with E-state index < -0.39 is 5.54 Å². The van der Waals surface area contributed by atoms with E-state index >= 15 is 0 Å². The van der Waals surface area contributed by atoms with Crippen molar-refractivity contribution in [3.63, 3.8) is 0 Å². The van der Waals surface area contributed by atoms with Crippen molar-refractivity contribution in [3.05, 3.63) is 16.3 Å². The minimum Gasteiger partial charge on any atom is -0.492 e. The first-order valence-electron chi connectivity index (χ1n) is 8.44. The Bertz CT molecular complexity index is 597. The van der Waals surface area contributed by atoms with Gasteiger partial charge in [0.2, 0.25) is 0 Å². The van der Waals surface area contributed by atoms with Crippen LogP contribution in [0.25, 0.3) is 0 Å². The molecule has 4 nitrogen and oxygen atoms in total. The van der Waals surface area contributed by atoms with Crippen molar-refractivity contribution in [2.45, 2.75) is 64.3 Å². The maximum Gasteiger partial charge on any atom is 0.266 e. The zero-order valence-corrected chi connectivity index (χ0v) is 15.4. The third-order valence-electron chi connectivity index (χ3n) is 3.76. The second-order valence-corrected chi connectivity index (χ2v) is 6.88. The number of amides is 1. The van der Waals surface area contributed by atoms with E-state index in [1.54, 1.807) is 6.07 Å². The third kappa shape index (κ3) is 6.64.